The molecule has 0 bridgehead atoms. The maximum absolute atomic E-state index is 14.1. The SMILES string of the molecule is COc1cc(C)c(S(=O)(=O)NCc2cccc(C(F)(F)F)c2F)c(C)c1C. The van der Waals surface area contributed by atoms with Crippen molar-refractivity contribution in [3.8, 4) is 5.75 Å². The Labute approximate surface area is 155 Å². The average molecular weight is 405 g/mol. The molecule has 0 heterocycles. The molecule has 148 valence electrons. The summed E-state index contributed by atoms with van der Waals surface area (Å²) in [5.74, 6) is -0.972. The molecule has 0 spiro atoms. The van der Waals surface area contributed by atoms with Crippen molar-refractivity contribution in [3.63, 3.8) is 0 Å². The molecule has 0 aliphatic carbocycles. The van der Waals surface area contributed by atoms with Crippen LogP contribution in [0, 0.1) is 26.6 Å². The van der Waals surface area contributed by atoms with Crippen LogP contribution < -0.4 is 9.46 Å². The third kappa shape index (κ3) is 4.24. The number of aryl methyl sites for hydroxylation is 1. The van der Waals surface area contributed by atoms with Crippen molar-refractivity contribution >= 4 is 10.0 Å². The average Bonchev–Trinajstić information content (AvgIpc) is 2.56. The molecule has 0 fully saturated rings. The van der Waals surface area contributed by atoms with Crippen molar-refractivity contribution < 1.29 is 30.7 Å². The molecule has 0 amide bonds. The van der Waals surface area contributed by atoms with Gasteiger partial charge in [-0.15, -0.1) is 0 Å². The Morgan fingerprint density at radius 2 is 1.74 bits per heavy atom. The van der Waals surface area contributed by atoms with Gasteiger partial charge in [0.05, 0.1) is 17.6 Å². The van der Waals surface area contributed by atoms with E-state index in [9.17, 15) is 26.0 Å². The normalized spacial score (nSPS) is 12.3. The van der Waals surface area contributed by atoms with Crippen molar-refractivity contribution in [3.05, 3.63) is 57.9 Å². The van der Waals surface area contributed by atoms with Gasteiger partial charge in [0.15, 0.2) is 0 Å². The van der Waals surface area contributed by atoms with Crippen LogP contribution in [-0.4, -0.2) is 15.5 Å². The molecule has 9 heteroatoms. The van der Waals surface area contributed by atoms with Gasteiger partial charge in [0.1, 0.15) is 11.6 Å². The Morgan fingerprint density at radius 3 is 2.30 bits per heavy atom. The van der Waals surface area contributed by atoms with E-state index >= 15 is 0 Å². The Kier molecular flexibility index (Phi) is 5.86. The highest BCUT2D eigenvalue weighted by atomic mass is 32.2. The first kappa shape index (κ1) is 21.2. The highest BCUT2D eigenvalue weighted by Crippen LogP contribution is 2.33. The quantitative estimate of drug-likeness (QED) is 0.757. The predicted molar refractivity (Wildman–Crippen MR) is 92.6 cm³/mol. The van der Waals surface area contributed by atoms with Gasteiger partial charge >= 0.3 is 6.18 Å². The second kappa shape index (κ2) is 7.47. The van der Waals surface area contributed by atoms with E-state index in [-0.39, 0.29) is 4.90 Å². The van der Waals surface area contributed by atoms with E-state index < -0.39 is 39.7 Å². The molecule has 0 atom stereocenters. The first-order valence-corrected chi connectivity index (χ1v) is 9.37. The van der Waals surface area contributed by atoms with Gasteiger partial charge in [0, 0.05) is 12.1 Å². The smallest absolute Gasteiger partial charge is 0.419 e. The topological polar surface area (TPSA) is 55.4 Å². The maximum Gasteiger partial charge on any atom is 0.419 e. The lowest BCUT2D eigenvalue weighted by molar-refractivity contribution is -0.140. The fourth-order valence-corrected chi connectivity index (χ4v) is 4.36. The molecule has 2 aromatic rings. The number of ether oxygens (including phenoxy) is 1. The first-order valence-electron chi connectivity index (χ1n) is 7.89. The van der Waals surface area contributed by atoms with Gasteiger partial charge in [-0.05, 0) is 49.6 Å². The van der Waals surface area contributed by atoms with E-state index in [4.69, 9.17) is 4.74 Å². The molecule has 0 saturated heterocycles. The largest absolute Gasteiger partial charge is 0.496 e. The van der Waals surface area contributed by atoms with Gasteiger partial charge in [-0.2, -0.15) is 13.2 Å². The lowest BCUT2D eigenvalue weighted by Gasteiger charge is -2.17. The van der Waals surface area contributed by atoms with Gasteiger partial charge in [-0.1, -0.05) is 12.1 Å². The second-order valence-corrected chi connectivity index (χ2v) is 7.78. The summed E-state index contributed by atoms with van der Waals surface area (Å²) in [6, 6.07) is 4.30. The molecule has 0 aliphatic heterocycles. The van der Waals surface area contributed by atoms with Crippen molar-refractivity contribution in [2.24, 2.45) is 0 Å². The number of alkyl halides is 3. The number of benzene rings is 2. The zero-order chi connectivity index (χ0) is 20.6. The summed E-state index contributed by atoms with van der Waals surface area (Å²) in [5, 5.41) is 0. The summed E-state index contributed by atoms with van der Waals surface area (Å²) in [5.41, 5.74) is -0.356. The zero-order valence-corrected chi connectivity index (χ0v) is 16.0. The fraction of sp³-hybridized carbons (Fsp3) is 0.333. The Balaban J connectivity index is 2.39. The highest BCUT2D eigenvalue weighted by molar-refractivity contribution is 7.89. The number of hydrogen-bond acceptors (Lipinski definition) is 3. The van der Waals surface area contributed by atoms with Gasteiger partial charge in [-0.3, -0.25) is 0 Å². The standard InChI is InChI=1S/C18H19F4NO3S/c1-10-8-15(26-4)11(2)12(3)17(10)27(24,25)23-9-13-6-5-7-14(16(13)19)18(20,21)22/h5-8,23H,9H2,1-4H3. The molecule has 0 unspecified atom stereocenters. The number of sulfonamides is 1. The van der Waals surface area contributed by atoms with Crippen molar-refractivity contribution in [2.45, 2.75) is 38.4 Å². The van der Waals surface area contributed by atoms with Crippen LogP contribution in [0.2, 0.25) is 0 Å². The van der Waals surface area contributed by atoms with E-state index in [0.717, 1.165) is 12.1 Å². The summed E-state index contributed by atoms with van der Waals surface area (Å²) in [6.07, 6.45) is -4.86. The molecule has 0 aromatic heterocycles. The summed E-state index contributed by atoms with van der Waals surface area (Å²) >= 11 is 0. The van der Waals surface area contributed by atoms with E-state index in [1.807, 2.05) is 0 Å². The third-order valence-corrected chi connectivity index (χ3v) is 5.99. The van der Waals surface area contributed by atoms with Crippen molar-refractivity contribution in [1.29, 1.82) is 0 Å². The molecule has 0 saturated carbocycles. The van der Waals surface area contributed by atoms with Gasteiger partial charge in [0.25, 0.3) is 0 Å². The maximum atomic E-state index is 14.1. The summed E-state index contributed by atoms with van der Waals surface area (Å²) in [6.45, 7) is 4.26. The van der Waals surface area contributed by atoms with Gasteiger partial charge < -0.3 is 4.74 Å². The van der Waals surface area contributed by atoms with Crippen LogP contribution in [-0.2, 0) is 22.7 Å². The van der Waals surface area contributed by atoms with Crippen LogP contribution >= 0.6 is 0 Å². The van der Waals surface area contributed by atoms with Crippen LogP contribution in [0.1, 0.15) is 27.8 Å². The van der Waals surface area contributed by atoms with Crippen molar-refractivity contribution in [2.75, 3.05) is 7.11 Å². The minimum atomic E-state index is -4.86. The van der Waals surface area contributed by atoms with Gasteiger partial charge in [0.2, 0.25) is 10.0 Å². The monoisotopic (exact) mass is 405 g/mol. The summed E-state index contributed by atoms with van der Waals surface area (Å²) in [4.78, 5) is -0.00631. The molecule has 1 N–H and O–H groups in total. The zero-order valence-electron chi connectivity index (χ0n) is 15.2. The van der Waals surface area contributed by atoms with Crippen LogP contribution in [0.4, 0.5) is 17.6 Å². The number of nitrogens with one attached hydrogen (secondary N) is 1. The Morgan fingerprint density at radius 1 is 1.11 bits per heavy atom. The fourth-order valence-electron chi connectivity index (χ4n) is 2.83. The van der Waals surface area contributed by atoms with E-state index in [2.05, 4.69) is 4.72 Å². The van der Waals surface area contributed by atoms with E-state index in [1.165, 1.54) is 7.11 Å². The van der Waals surface area contributed by atoms with Crippen LogP contribution in [0.15, 0.2) is 29.2 Å². The number of hydrogen-bond donors (Lipinski definition) is 1. The van der Waals surface area contributed by atoms with Crippen LogP contribution in [0.3, 0.4) is 0 Å². The predicted octanol–water partition coefficient (Wildman–Crippen LogP) is 4.26. The summed E-state index contributed by atoms with van der Waals surface area (Å²) < 4.78 is 85.3. The van der Waals surface area contributed by atoms with E-state index in [1.54, 1.807) is 26.8 Å². The minimum Gasteiger partial charge on any atom is -0.496 e. The lowest BCUT2D eigenvalue weighted by atomic mass is 10.1. The minimum absolute atomic E-state index is 0.00631. The van der Waals surface area contributed by atoms with E-state index in [0.29, 0.717) is 28.5 Å². The number of methoxy groups -OCH3 is 1. The molecular weight excluding hydrogens is 386 g/mol. The first-order chi connectivity index (χ1) is 12.4. The summed E-state index contributed by atoms with van der Waals surface area (Å²) in [7, 11) is -2.62. The van der Waals surface area contributed by atoms with Gasteiger partial charge in [-0.25, -0.2) is 17.5 Å². The Hall–Kier alpha value is -2.13. The molecule has 2 aromatic carbocycles. The third-order valence-electron chi connectivity index (χ3n) is 4.30. The molecular formula is C18H19F4NO3S. The second-order valence-electron chi connectivity index (χ2n) is 6.08. The molecule has 0 radical (unpaired) electrons. The number of halogens is 4. The molecule has 0 aliphatic rings. The molecule has 2 rings (SSSR count). The highest BCUT2D eigenvalue weighted by Gasteiger charge is 2.35. The van der Waals surface area contributed by atoms with Crippen LogP contribution in [0.5, 0.6) is 5.75 Å². The molecule has 4 nitrogen and oxygen atoms in total. The van der Waals surface area contributed by atoms with Crippen molar-refractivity contribution in [1.82, 2.24) is 4.72 Å². The Bertz CT molecular complexity index is 970. The number of rotatable bonds is 5. The molecule has 27 heavy (non-hydrogen) atoms. The van der Waals surface area contributed by atoms with Crippen LogP contribution in [0.25, 0.3) is 0 Å². The lowest BCUT2D eigenvalue weighted by Crippen LogP contribution is -2.26.